The number of rotatable bonds is 27. The van der Waals surface area contributed by atoms with Crippen molar-refractivity contribution in [2.24, 2.45) is 0 Å². The average molecular weight is 701 g/mol. The molecule has 0 unspecified atom stereocenters. The molecule has 0 aliphatic carbocycles. The molecule has 0 amide bonds. The SMILES string of the molecule is O=C(CCN(CCCCCS(=O)(=O)[O-])CCN(CCCCCS(=O)(=O)O)CCCC[Si](O)(O)O)OCCC[Si](O)(O)O.[CH3-]. The number of carbonyl (C=O) groups excluding carboxylic acids is 1. The van der Waals surface area contributed by atoms with Crippen LogP contribution >= 0.6 is 0 Å². The molecular formula is C23H52N2O14S2Si2-2. The number of carbonyl (C=O) groups is 1. The first-order valence-corrected chi connectivity index (χ1v) is 21.4. The molecule has 0 spiro atoms. The lowest BCUT2D eigenvalue weighted by atomic mass is 10.2. The first kappa shape index (κ1) is 44.5. The lowest BCUT2D eigenvalue weighted by Gasteiger charge is -2.28. The molecule has 43 heavy (non-hydrogen) atoms. The van der Waals surface area contributed by atoms with Gasteiger partial charge in [0.25, 0.3) is 10.1 Å². The topological polar surface area (TPSA) is 266 Å². The Labute approximate surface area is 258 Å². The molecule has 0 aliphatic rings. The number of hydrogen-bond donors (Lipinski definition) is 7. The van der Waals surface area contributed by atoms with E-state index in [1.807, 2.05) is 4.90 Å². The number of ether oxygens (including phenoxy) is 1. The predicted molar refractivity (Wildman–Crippen MR) is 162 cm³/mol. The van der Waals surface area contributed by atoms with Crippen LogP contribution in [0, 0.1) is 7.43 Å². The second kappa shape index (κ2) is 22.8. The number of nitrogens with zero attached hydrogens (tertiary/aromatic N) is 2. The fourth-order valence-electron chi connectivity index (χ4n) is 4.06. The van der Waals surface area contributed by atoms with Crippen LogP contribution in [0.25, 0.3) is 0 Å². The highest BCUT2D eigenvalue weighted by Gasteiger charge is 2.26. The molecule has 0 saturated heterocycles. The van der Waals surface area contributed by atoms with E-state index in [2.05, 4.69) is 4.90 Å². The number of hydrogen-bond acceptors (Lipinski definition) is 15. The van der Waals surface area contributed by atoms with E-state index < -0.39 is 49.6 Å². The maximum Gasteiger partial charge on any atom is 0.492 e. The zero-order chi connectivity index (χ0) is 32.3. The minimum absolute atomic E-state index is 0. The highest BCUT2D eigenvalue weighted by molar-refractivity contribution is 7.85. The molecule has 0 atom stereocenters. The van der Waals surface area contributed by atoms with Crippen molar-refractivity contribution in [1.29, 1.82) is 0 Å². The third-order valence-electron chi connectivity index (χ3n) is 6.27. The minimum Gasteiger partial charge on any atom is -0.748 e. The van der Waals surface area contributed by atoms with Crippen LogP contribution in [0.1, 0.15) is 64.2 Å². The Bertz CT molecular complexity index is 945. The molecule has 0 rings (SSSR count). The average Bonchev–Trinajstić information content (AvgIpc) is 2.81. The molecular weight excluding hydrogens is 649 g/mol. The van der Waals surface area contributed by atoms with Gasteiger partial charge in [-0.25, -0.2) is 8.42 Å². The molecule has 7 N–H and O–H groups in total. The summed E-state index contributed by atoms with van der Waals surface area (Å²) in [6.07, 6.45) is 3.86. The summed E-state index contributed by atoms with van der Waals surface area (Å²) in [5.41, 5.74) is 0. The summed E-state index contributed by atoms with van der Waals surface area (Å²) in [5, 5.41) is 0. The first-order valence-electron chi connectivity index (χ1n) is 14.1. The van der Waals surface area contributed by atoms with Crippen LogP contribution in [0.15, 0.2) is 0 Å². The minimum atomic E-state index is -4.30. The van der Waals surface area contributed by atoms with E-state index in [1.54, 1.807) is 0 Å². The van der Waals surface area contributed by atoms with Gasteiger partial charge in [0, 0.05) is 37.5 Å². The Hall–Kier alpha value is -0.596. The van der Waals surface area contributed by atoms with Crippen LogP contribution in [0.3, 0.4) is 0 Å². The van der Waals surface area contributed by atoms with Gasteiger partial charge in [0.2, 0.25) is 0 Å². The lowest BCUT2D eigenvalue weighted by molar-refractivity contribution is -0.144. The van der Waals surface area contributed by atoms with Crippen molar-refractivity contribution in [3.8, 4) is 0 Å². The maximum absolute atomic E-state index is 12.2. The molecule has 0 radical (unpaired) electrons. The van der Waals surface area contributed by atoms with E-state index in [4.69, 9.17) is 23.7 Å². The standard InChI is InChI=1S/C22H50N2O14S2Si2.CH3/c25-22(38-17-9-21-42(35,36)37)10-14-24(12-4-2-7-19-40(29,30)31)16-15-23(13-5-8-20-41(32,33)34)11-3-1-6-18-39(26,27)28;/h32-37H,1-21H2,(H,26,27,28)(H,29,30,31);1H3/q;-1/p-1. The zero-order valence-electron chi connectivity index (χ0n) is 25.0. The van der Waals surface area contributed by atoms with Gasteiger partial charge in [0.05, 0.1) is 28.9 Å². The van der Waals surface area contributed by atoms with Gasteiger partial charge in [-0.05, 0) is 64.6 Å². The molecule has 0 heterocycles. The Morgan fingerprint density at radius 2 is 1.07 bits per heavy atom. The Morgan fingerprint density at radius 1 is 0.628 bits per heavy atom. The first-order chi connectivity index (χ1) is 19.3. The van der Waals surface area contributed by atoms with Crippen LogP contribution in [0.2, 0.25) is 12.1 Å². The van der Waals surface area contributed by atoms with E-state index in [-0.39, 0.29) is 51.1 Å². The summed E-state index contributed by atoms with van der Waals surface area (Å²) in [5.74, 6) is -1.30. The largest absolute Gasteiger partial charge is 0.748 e. The highest BCUT2D eigenvalue weighted by atomic mass is 32.2. The van der Waals surface area contributed by atoms with Crippen LogP contribution in [-0.4, -0.2) is 145 Å². The van der Waals surface area contributed by atoms with Crippen molar-refractivity contribution in [2.45, 2.75) is 76.3 Å². The van der Waals surface area contributed by atoms with E-state index in [1.165, 1.54) is 0 Å². The third kappa shape index (κ3) is 34.1. The van der Waals surface area contributed by atoms with Crippen molar-refractivity contribution in [3.63, 3.8) is 0 Å². The maximum atomic E-state index is 12.2. The summed E-state index contributed by atoms with van der Waals surface area (Å²) < 4.78 is 68.4. The van der Waals surface area contributed by atoms with Crippen LogP contribution in [-0.2, 0) is 29.8 Å². The van der Waals surface area contributed by atoms with Crippen molar-refractivity contribution in [3.05, 3.63) is 7.43 Å². The fraction of sp³-hybridized carbons (Fsp3) is 0.913. The fourth-order valence-corrected chi connectivity index (χ4v) is 6.53. The van der Waals surface area contributed by atoms with Gasteiger partial charge in [0.1, 0.15) is 0 Å². The quantitative estimate of drug-likeness (QED) is 0.0173. The van der Waals surface area contributed by atoms with Crippen LogP contribution in [0.5, 0.6) is 0 Å². The van der Waals surface area contributed by atoms with Crippen molar-refractivity contribution in [1.82, 2.24) is 9.80 Å². The van der Waals surface area contributed by atoms with Crippen molar-refractivity contribution in [2.75, 3.05) is 57.4 Å². The number of unbranched alkanes of at least 4 members (excludes halogenated alkanes) is 5. The second-order valence-electron chi connectivity index (χ2n) is 10.4. The van der Waals surface area contributed by atoms with Crippen LogP contribution < -0.4 is 0 Å². The molecule has 16 nitrogen and oxygen atoms in total. The molecule has 0 fully saturated rings. The van der Waals surface area contributed by atoms with Crippen molar-refractivity contribution >= 4 is 43.8 Å². The van der Waals surface area contributed by atoms with Gasteiger partial charge in [-0.2, -0.15) is 8.42 Å². The molecule has 0 bridgehead atoms. The Morgan fingerprint density at radius 3 is 1.53 bits per heavy atom. The highest BCUT2D eigenvalue weighted by Crippen LogP contribution is 2.09. The van der Waals surface area contributed by atoms with Gasteiger partial charge in [-0.1, -0.05) is 12.8 Å². The molecule has 0 aromatic rings. The van der Waals surface area contributed by atoms with E-state index in [0.29, 0.717) is 84.2 Å². The molecule has 260 valence electrons. The van der Waals surface area contributed by atoms with E-state index in [9.17, 15) is 40.6 Å². The van der Waals surface area contributed by atoms with Gasteiger partial charge in [0.15, 0.2) is 0 Å². The lowest BCUT2D eigenvalue weighted by Crippen LogP contribution is -2.38. The summed E-state index contributed by atoms with van der Waals surface area (Å²) in [6.45, 7) is 2.94. The number of esters is 1. The smallest absolute Gasteiger partial charge is 0.492 e. The van der Waals surface area contributed by atoms with Gasteiger partial charge < -0.3 is 55.3 Å². The zero-order valence-corrected chi connectivity index (χ0v) is 28.7. The second-order valence-corrected chi connectivity index (χ2v) is 17.6. The predicted octanol–water partition coefficient (Wildman–Crippen LogP) is -1.25. The third-order valence-corrected chi connectivity index (χ3v) is 9.91. The van der Waals surface area contributed by atoms with E-state index in [0.717, 1.165) is 0 Å². The summed E-state index contributed by atoms with van der Waals surface area (Å²) in [4.78, 5) is 71.0. The molecule has 0 saturated carbocycles. The Kier molecular flexibility index (Phi) is 23.6. The summed E-state index contributed by atoms with van der Waals surface area (Å²) in [7, 11) is -16.7. The van der Waals surface area contributed by atoms with Gasteiger partial charge in [-0.15, -0.1) is 0 Å². The summed E-state index contributed by atoms with van der Waals surface area (Å²) >= 11 is 0. The molecule has 20 heteroatoms. The summed E-state index contributed by atoms with van der Waals surface area (Å²) in [6, 6.07) is -0.351. The molecule has 0 aliphatic heterocycles. The normalized spacial score (nSPS) is 13.0. The van der Waals surface area contributed by atoms with E-state index >= 15 is 0 Å². The molecule has 0 aromatic heterocycles. The van der Waals surface area contributed by atoms with Gasteiger partial charge >= 0.3 is 23.6 Å². The monoisotopic (exact) mass is 700 g/mol. The van der Waals surface area contributed by atoms with Gasteiger partial charge in [-0.3, -0.25) is 9.35 Å². The van der Waals surface area contributed by atoms with Crippen LogP contribution in [0.4, 0.5) is 0 Å². The molecule has 0 aromatic carbocycles. The Balaban J connectivity index is 0. The van der Waals surface area contributed by atoms with Crippen molar-refractivity contribution < 1.29 is 64.2 Å².